The molecular weight excluding hydrogens is 390 g/mol. The number of carboxylic acid groups (broad SMARTS) is 1. The molecule has 0 radical (unpaired) electrons. The average molecular weight is 405 g/mol. The molecule has 0 bridgehead atoms. The quantitative estimate of drug-likeness (QED) is 0.394. The number of rotatable bonds is 7. The summed E-state index contributed by atoms with van der Waals surface area (Å²) in [6.07, 6.45) is 1.25. The van der Waals surface area contributed by atoms with Crippen molar-refractivity contribution in [1.29, 1.82) is 0 Å². The topological polar surface area (TPSA) is 129 Å². The van der Waals surface area contributed by atoms with Crippen LogP contribution in [0.5, 0.6) is 11.5 Å². The van der Waals surface area contributed by atoms with Gasteiger partial charge in [-0.2, -0.15) is 5.10 Å². The summed E-state index contributed by atoms with van der Waals surface area (Å²) >= 11 is 5.96. The molecule has 0 aliphatic carbocycles. The van der Waals surface area contributed by atoms with Gasteiger partial charge < -0.3 is 24.7 Å². The zero-order chi connectivity index (χ0) is 20.5. The van der Waals surface area contributed by atoms with Gasteiger partial charge in [-0.05, 0) is 35.9 Å². The first kappa shape index (κ1) is 20.7. The predicted molar refractivity (Wildman–Crippen MR) is 99.3 cm³/mol. The van der Waals surface area contributed by atoms with E-state index in [2.05, 4.69) is 15.8 Å². The molecule has 0 aliphatic heterocycles. The standard InChI is InChI=1S/C18H16ClN3O6/c1-27-15-5-3-2-4-13(15)21-17(25)18(26)22-20-9-11-6-7-14(12(19)8-11)28-10-16(23)24/h2-9H,10H2,1H3,(H,21,25)(H,22,26)(H,23,24)/p-1/b20-9-. The zero-order valence-corrected chi connectivity index (χ0v) is 15.4. The number of carboxylic acids is 1. The highest BCUT2D eigenvalue weighted by molar-refractivity contribution is 6.39. The Labute approximate surface area is 164 Å². The van der Waals surface area contributed by atoms with Gasteiger partial charge in [-0.15, -0.1) is 0 Å². The molecule has 0 spiro atoms. The highest BCUT2D eigenvalue weighted by Crippen LogP contribution is 2.25. The molecule has 2 aromatic carbocycles. The van der Waals surface area contributed by atoms with Crippen molar-refractivity contribution in [2.45, 2.75) is 0 Å². The maximum absolute atomic E-state index is 11.9. The number of amides is 2. The lowest BCUT2D eigenvalue weighted by Gasteiger charge is -2.09. The van der Waals surface area contributed by atoms with Crippen molar-refractivity contribution in [3.05, 3.63) is 53.1 Å². The van der Waals surface area contributed by atoms with Crippen LogP contribution in [0.2, 0.25) is 5.02 Å². The van der Waals surface area contributed by atoms with E-state index in [1.807, 2.05) is 0 Å². The third-order valence-electron chi connectivity index (χ3n) is 3.24. The molecule has 0 atom stereocenters. The molecule has 0 unspecified atom stereocenters. The van der Waals surface area contributed by atoms with Gasteiger partial charge in [0.1, 0.15) is 18.1 Å². The second-order valence-electron chi connectivity index (χ2n) is 5.20. The third kappa shape index (κ3) is 5.99. The first-order chi connectivity index (χ1) is 13.4. The van der Waals surface area contributed by atoms with Gasteiger partial charge in [0, 0.05) is 0 Å². The molecule has 10 heteroatoms. The van der Waals surface area contributed by atoms with Crippen LogP contribution in [0.3, 0.4) is 0 Å². The Kier molecular flexibility index (Phi) is 7.35. The molecule has 9 nitrogen and oxygen atoms in total. The molecule has 0 saturated carbocycles. The van der Waals surface area contributed by atoms with E-state index in [-0.39, 0.29) is 10.8 Å². The van der Waals surface area contributed by atoms with Crippen LogP contribution in [0.25, 0.3) is 0 Å². The number of carbonyl (C=O) groups excluding carboxylic acids is 3. The SMILES string of the molecule is COc1ccccc1NC(=O)C(=O)N/N=C\c1ccc(OCC(=O)[O-])c(Cl)c1. The summed E-state index contributed by atoms with van der Waals surface area (Å²) in [7, 11) is 1.44. The second-order valence-corrected chi connectivity index (χ2v) is 5.61. The number of halogens is 1. The molecule has 0 aliphatic rings. The molecule has 2 N–H and O–H groups in total. The van der Waals surface area contributed by atoms with Crippen LogP contribution in [0.1, 0.15) is 5.56 Å². The van der Waals surface area contributed by atoms with E-state index in [9.17, 15) is 19.5 Å². The van der Waals surface area contributed by atoms with Crippen molar-refractivity contribution in [1.82, 2.24) is 5.43 Å². The van der Waals surface area contributed by atoms with Gasteiger partial charge in [-0.1, -0.05) is 23.7 Å². The number of carbonyl (C=O) groups is 3. The number of nitrogens with zero attached hydrogens (tertiary/aromatic N) is 1. The van der Waals surface area contributed by atoms with E-state index >= 15 is 0 Å². The van der Waals surface area contributed by atoms with Gasteiger partial charge in [0.2, 0.25) is 0 Å². The number of hydrogen-bond donors (Lipinski definition) is 2. The third-order valence-corrected chi connectivity index (χ3v) is 3.54. The zero-order valence-electron chi connectivity index (χ0n) is 14.6. The Bertz CT molecular complexity index is 916. The lowest BCUT2D eigenvalue weighted by molar-refractivity contribution is -0.307. The monoisotopic (exact) mass is 404 g/mol. The van der Waals surface area contributed by atoms with Crippen LogP contribution in [0, 0.1) is 0 Å². The number of para-hydroxylation sites is 2. The number of aliphatic carboxylic acids is 1. The Balaban J connectivity index is 1.92. The lowest BCUT2D eigenvalue weighted by Crippen LogP contribution is -2.32. The summed E-state index contributed by atoms with van der Waals surface area (Å²) in [5, 5.41) is 16.6. The minimum Gasteiger partial charge on any atom is -0.546 e. The number of nitrogens with one attached hydrogen (secondary N) is 2. The lowest BCUT2D eigenvalue weighted by atomic mass is 10.2. The van der Waals surface area contributed by atoms with Crippen LogP contribution in [-0.4, -0.2) is 37.7 Å². The number of methoxy groups -OCH3 is 1. The summed E-state index contributed by atoms with van der Waals surface area (Å²) < 4.78 is 10.0. The van der Waals surface area contributed by atoms with E-state index < -0.39 is 24.4 Å². The predicted octanol–water partition coefficient (Wildman–Crippen LogP) is 0.566. The Hall–Kier alpha value is -3.59. The van der Waals surface area contributed by atoms with Gasteiger partial charge in [0.15, 0.2) is 0 Å². The second kappa shape index (κ2) is 9.93. The molecular formula is C18H15ClN3O6-. The molecule has 146 valence electrons. The largest absolute Gasteiger partial charge is 0.546 e. The molecule has 2 rings (SSSR count). The molecule has 28 heavy (non-hydrogen) atoms. The van der Waals surface area contributed by atoms with E-state index in [4.69, 9.17) is 21.1 Å². The van der Waals surface area contributed by atoms with Crippen LogP contribution in [0.15, 0.2) is 47.6 Å². The first-order valence-electron chi connectivity index (χ1n) is 7.80. The van der Waals surface area contributed by atoms with Gasteiger partial charge in [-0.25, -0.2) is 5.43 Å². The molecule has 0 aromatic heterocycles. The number of hydrazone groups is 1. The minimum absolute atomic E-state index is 0.144. The van der Waals surface area contributed by atoms with Crippen LogP contribution >= 0.6 is 11.6 Å². The fourth-order valence-corrected chi connectivity index (χ4v) is 2.24. The summed E-state index contributed by atoms with van der Waals surface area (Å²) in [6.45, 7) is -0.634. The van der Waals surface area contributed by atoms with Crippen molar-refractivity contribution in [2.75, 3.05) is 19.0 Å². The van der Waals surface area contributed by atoms with Crippen LogP contribution in [-0.2, 0) is 14.4 Å². The minimum atomic E-state index is -1.38. The Morgan fingerprint density at radius 1 is 1.14 bits per heavy atom. The van der Waals surface area contributed by atoms with Gasteiger partial charge in [-0.3, -0.25) is 9.59 Å². The van der Waals surface area contributed by atoms with Gasteiger partial charge in [0.05, 0.1) is 30.0 Å². The average Bonchev–Trinajstić information content (AvgIpc) is 2.67. The number of anilines is 1. The summed E-state index contributed by atoms with van der Waals surface area (Å²) in [5.41, 5.74) is 2.90. The smallest absolute Gasteiger partial charge is 0.329 e. The summed E-state index contributed by atoms with van der Waals surface area (Å²) in [4.78, 5) is 34.1. The van der Waals surface area contributed by atoms with E-state index in [1.165, 1.54) is 31.5 Å². The molecule has 0 heterocycles. The Morgan fingerprint density at radius 3 is 2.57 bits per heavy atom. The summed E-state index contributed by atoms with van der Waals surface area (Å²) in [6, 6.07) is 11.0. The maximum Gasteiger partial charge on any atom is 0.329 e. The van der Waals surface area contributed by atoms with Crippen molar-refractivity contribution in [2.24, 2.45) is 5.10 Å². The van der Waals surface area contributed by atoms with Crippen molar-refractivity contribution in [3.8, 4) is 11.5 Å². The number of hydrogen-bond acceptors (Lipinski definition) is 7. The highest BCUT2D eigenvalue weighted by Gasteiger charge is 2.14. The first-order valence-corrected chi connectivity index (χ1v) is 8.18. The fourth-order valence-electron chi connectivity index (χ4n) is 1.99. The van der Waals surface area contributed by atoms with E-state index in [1.54, 1.807) is 24.3 Å². The van der Waals surface area contributed by atoms with E-state index in [0.717, 1.165) is 0 Å². The fraction of sp³-hybridized carbons (Fsp3) is 0.111. The van der Waals surface area contributed by atoms with Gasteiger partial charge in [0.25, 0.3) is 0 Å². The number of ether oxygens (including phenoxy) is 2. The maximum atomic E-state index is 11.9. The summed E-state index contributed by atoms with van der Waals surface area (Å²) in [5.74, 6) is -2.73. The highest BCUT2D eigenvalue weighted by atomic mass is 35.5. The number of benzene rings is 2. The molecule has 0 saturated heterocycles. The van der Waals surface area contributed by atoms with Crippen LogP contribution in [0.4, 0.5) is 5.69 Å². The van der Waals surface area contributed by atoms with E-state index in [0.29, 0.717) is 17.0 Å². The molecule has 2 amide bonds. The van der Waals surface area contributed by atoms with Crippen molar-refractivity contribution in [3.63, 3.8) is 0 Å². The normalized spacial score (nSPS) is 10.4. The van der Waals surface area contributed by atoms with Crippen LogP contribution < -0.4 is 25.3 Å². The molecule has 2 aromatic rings. The van der Waals surface area contributed by atoms with Crippen molar-refractivity contribution >= 4 is 41.3 Å². The van der Waals surface area contributed by atoms with Crippen molar-refractivity contribution < 1.29 is 29.0 Å². The molecule has 0 fully saturated rings. The Morgan fingerprint density at radius 2 is 1.89 bits per heavy atom. The van der Waals surface area contributed by atoms with Gasteiger partial charge >= 0.3 is 11.8 Å².